The molecule has 0 unspecified atom stereocenters. The summed E-state index contributed by atoms with van der Waals surface area (Å²) in [5.41, 5.74) is 29.2. The van der Waals surface area contributed by atoms with Crippen LogP contribution in [-0.2, 0) is 58.9 Å². The van der Waals surface area contributed by atoms with E-state index in [-0.39, 0.29) is 17.8 Å². The number of rotatable bonds is 13. The Kier molecular flexibility index (Phi) is 22.4. The van der Waals surface area contributed by atoms with E-state index in [1.165, 1.54) is 81.6 Å². The minimum atomic E-state index is -4.38. The Morgan fingerprint density at radius 2 is 0.831 bits per heavy atom. The van der Waals surface area contributed by atoms with E-state index in [1.807, 2.05) is 149 Å². The van der Waals surface area contributed by atoms with Crippen LogP contribution in [0.25, 0.3) is 140 Å². The Bertz CT molecular complexity index is 7110. The van der Waals surface area contributed by atoms with Crippen molar-refractivity contribution in [3.05, 3.63) is 379 Å². The molecular formula is C106H94F3N13O2. The van der Waals surface area contributed by atoms with Crippen LogP contribution in [-0.4, -0.2) is 79.4 Å². The van der Waals surface area contributed by atoms with Crippen LogP contribution in [0.2, 0.25) is 0 Å². The average Bonchev–Trinajstić information content (AvgIpc) is 1.60. The van der Waals surface area contributed by atoms with Gasteiger partial charge >= 0.3 is 6.18 Å². The van der Waals surface area contributed by atoms with Crippen LogP contribution in [0.15, 0.2) is 334 Å². The van der Waals surface area contributed by atoms with Gasteiger partial charge in [0.05, 0.1) is 93.5 Å². The molecule has 0 bridgehead atoms. The van der Waals surface area contributed by atoms with Crippen molar-refractivity contribution in [2.45, 2.75) is 85.4 Å². The molecule has 8 aromatic heterocycles. The van der Waals surface area contributed by atoms with Gasteiger partial charge in [-0.2, -0.15) is 38.7 Å². The van der Waals surface area contributed by atoms with Crippen molar-refractivity contribution in [3.63, 3.8) is 0 Å². The lowest BCUT2D eigenvalue weighted by molar-refractivity contribution is -0.138. The number of nitrogens with zero attached hydrogens (tertiary/aromatic N) is 13. The quantitative estimate of drug-likeness (QED) is 0.117. The summed E-state index contributed by atoms with van der Waals surface area (Å²) in [7, 11) is 4.24. The number of phenols is 1. The van der Waals surface area contributed by atoms with Gasteiger partial charge in [0.2, 0.25) is 0 Å². The molecule has 0 spiro atoms. The summed E-state index contributed by atoms with van der Waals surface area (Å²) in [5, 5.41) is 46.5. The second kappa shape index (κ2) is 34.5. The summed E-state index contributed by atoms with van der Waals surface area (Å²) < 4.78 is 56.6. The van der Waals surface area contributed by atoms with Crippen molar-refractivity contribution < 1.29 is 23.4 Å². The molecule has 0 aliphatic heterocycles. The van der Waals surface area contributed by atoms with Crippen LogP contribution in [0.4, 0.5) is 13.2 Å². The molecule has 8 heterocycles. The molecule has 15 nitrogen and oxygen atoms in total. The minimum Gasteiger partial charge on any atom is -0.508 e. The van der Waals surface area contributed by atoms with Gasteiger partial charge in [-0.3, -0.25) is 0 Å². The molecule has 0 amide bonds. The summed E-state index contributed by atoms with van der Waals surface area (Å²) in [5.74, 6) is 0.284. The molecule has 18 heteroatoms. The molecular weight excluding hydrogens is 1540 g/mol. The summed E-state index contributed by atoms with van der Waals surface area (Å²) >= 11 is 0. The van der Waals surface area contributed by atoms with Gasteiger partial charge < -0.3 is 23.9 Å². The van der Waals surface area contributed by atoms with Gasteiger partial charge in [0, 0.05) is 111 Å². The Labute approximate surface area is 718 Å². The van der Waals surface area contributed by atoms with Crippen molar-refractivity contribution in [2.24, 2.45) is 19.5 Å². The van der Waals surface area contributed by atoms with E-state index in [0.29, 0.717) is 29.7 Å². The number of aromatic hydroxyl groups is 1. The van der Waals surface area contributed by atoms with Crippen molar-refractivity contribution >= 4 is 55.8 Å². The van der Waals surface area contributed by atoms with Crippen LogP contribution in [0, 0.1) is 5.41 Å². The summed E-state index contributed by atoms with van der Waals surface area (Å²) in [4.78, 5) is 0. The summed E-state index contributed by atoms with van der Waals surface area (Å²) in [6, 6.07) is 95.6. The fourth-order valence-corrected chi connectivity index (χ4v) is 17.7. The first-order chi connectivity index (χ1) is 60.4. The Morgan fingerprint density at radius 1 is 0.411 bits per heavy atom. The fraction of sp³-hybridized carbons (Fsp3) is 0.160. The van der Waals surface area contributed by atoms with E-state index in [2.05, 4.69) is 249 Å². The highest BCUT2D eigenvalue weighted by molar-refractivity contribution is 6.09. The predicted molar refractivity (Wildman–Crippen MR) is 495 cm³/mol. The highest BCUT2D eigenvalue weighted by Crippen LogP contribution is 2.42. The lowest BCUT2D eigenvalue weighted by Gasteiger charge is -2.19. The molecule has 11 aromatic carbocycles. The molecule has 19 aromatic rings. The zero-order valence-electron chi connectivity index (χ0n) is 70.0. The second-order valence-corrected chi connectivity index (χ2v) is 32.6. The summed E-state index contributed by atoms with van der Waals surface area (Å²) in [6.45, 7) is 10.0. The molecule has 0 radical (unpaired) electrons. The number of aliphatic hydroxyl groups excluding tert-OH is 1. The Balaban J connectivity index is 0.000000106. The van der Waals surface area contributed by atoms with Crippen molar-refractivity contribution in [1.29, 1.82) is 0 Å². The highest BCUT2D eigenvalue weighted by atomic mass is 19.4. The number of aromatic nitrogens is 13. The first kappa shape index (κ1) is 80.4. The third-order valence-corrected chi connectivity index (χ3v) is 23.9. The normalized spacial score (nSPS) is 12.7. The van der Waals surface area contributed by atoms with E-state index in [1.54, 1.807) is 46.8 Å². The number of phenolic OH excluding ortho intramolecular Hbond substituents is 1. The molecule has 0 atom stereocenters. The van der Waals surface area contributed by atoms with Crippen LogP contribution < -0.4 is 0 Å². The monoisotopic (exact) mass is 1640 g/mol. The van der Waals surface area contributed by atoms with Gasteiger partial charge in [-0.25, -0.2) is 23.4 Å². The van der Waals surface area contributed by atoms with Crippen molar-refractivity contribution in [1.82, 2.24) is 62.6 Å². The van der Waals surface area contributed by atoms with Crippen molar-refractivity contribution in [2.75, 3.05) is 6.61 Å². The molecule has 0 saturated heterocycles. The van der Waals surface area contributed by atoms with E-state index in [0.717, 1.165) is 114 Å². The maximum atomic E-state index is 13.4. The Hall–Kier alpha value is -14.6. The molecule has 2 N–H and O–H groups in total. The van der Waals surface area contributed by atoms with Crippen molar-refractivity contribution in [3.8, 4) is 90.5 Å². The zero-order valence-corrected chi connectivity index (χ0v) is 70.0. The molecule has 0 saturated carbocycles. The second-order valence-electron chi connectivity index (χ2n) is 32.6. The van der Waals surface area contributed by atoms with Gasteiger partial charge in [-0.05, 0) is 218 Å². The highest BCUT2D eigenvalue weighted by Gasteiger charge is 2.36. The first-order valence-electron chi connectivity index (χ1n) is 42.2. The number of alkyl halides is 3. The number of hydrogen-bond acceptors (Lipinski definition) is 7. The first-order valence-corrected chi connectivity index (χ1v) is 42.2. The lowest BCUT2D eigenvalue weighted by atomic mass is 9.85. The van der Waals surface area contributed by atoms with E-state index in [9.17, 15) is 23.4 Å². The minimum absolute atomic E-state index is 0.153. The zero-order chi connectivity index (χ0) is 85.2. The number of fused-ring (bicyclic) bond motifs is 9. The number of hydrogen-bond donors (Lipinski definition) is 2. The molecule has 616 valence electrons. The van der Waals surface area contributed by atoms with E-state index in [4.69, 9.17) is 0 Å². The Morgan fingerprint density at radius 3 is 1.31 bits per heavy atom. The maximum absolute atomic E-state index is 13.4. The number of aliphatic hydroxyl groups is 1. The number of benzene rings is 11. The number of allylic oxidation sites excluding steroid dienone is 2. The van der Waals surface area contributed by atoms with Crippen LogP contribution >= 0.6 is 0 Å². The van der Waals surface area contributed by atoms with Gasteiger partial charge in [0.25, 0.3) is 0 Å². The lowest BCUT2D eigenvalue weighted by Crippen LogP contribution is -2.11. The predicted octanol–water partition coefficient (Wildman–Crippen LogP) is 24.5. The summed E-state index contributed by atoms with van der Waals surface area (Å²) in [6.07, 6.45) is 19.6. The van der Waals surface area contributed by atoms with Gasteiger partial charge in [0.15, 0.2) is 0 Å². The van der Waals surface area contributed by atoms with E-state index >= 15 is 0 Å². The fourth-order valence-electron chi connectivity index (χ4n) is 17.7. The molecule has 3 aliphatic rings. The number of halogens is 3. The average molecular weight is 1640 g/mol. The maximum Gasteiger partial charge on any atom is 0.416 e. The van der Waals surface area contributed by atoms with E-state index < -0.39 is 11.7 Å². The molecule has 22 rings (SSSR count). The van der Waals surface area contributed by atoms with Crippen LogP contribution in [0.5, 0.6) is 5.75 Å². The van der Waals surface area contributed by atoms with Gasteiger partial charge in [0.1, 0.15) is 5.75 Å². The third-order valence-electron chi connectivity index (χ3n) is 23.9. The van der Waals surface area contributed by atoms with Crippen LogP contribution in [0.1, 0.15) is 85.2 Å². The van der Waals surface area contributed by atoms with Crippen LogP contribution in [0.3, 0.4) is 0 Å². The van der Waals surface area contributed by atoms with Gasteiger partial charge in [-0.1, -0.05) is 202 Å². The third kappa shape index (κ3) is 16.1. The van der Waals surface area contributed by atoms with Gasteiger partial charge in [-0.15, -0.1) is 0 Å². The standard InChI is InChI=1S/C23H19N3O.C22H21N3.C22H22N2.C20H19N3O.C19H13F3N2/c1-2-25-22-10-8-17(14-19(22)20-15-18(27)9-11-23(20)25)26-21(12-13-24-26)16-6-4-3-5-7-16;1-24-21-10-6-5-9-18(21)19-15-17(11-12-22(19)24)25-20(13-14-23-25)16-7-3-2-4-8-16;1-22(2,3)19-13-17-9-10-20(15-18(17)14-19)24-21(11-12-23-24)16-7-5-4-6-8-16;1-22-14-16(10-12-24)18-13-17(7-8-20(18)22)23-19(9-11-21-23)15-5-3-2-4-6-15;20-19(21,22)17-12-15(11-14-7-4-8-16(14)17)24-18(9-10-23-24)13-5-2-1-3-6-13/h3-15,27H,2H2,1H3;2-4,7-8,11-15H,5-6,9-10H2,1H3;4-12,14-15H,13H2,1-3H3;2-9,11,13-14,24H,10,12H2,1H3;1-7,9-12H,8H2. The SMILES string of the molecule is CC(C)(C)C1=Cc2cc(-n3nccc3-c3ccccc3)ccc2C1.CCn1c2ccc(O)cc2c2cc(-n3nccc3-c3ccccc3)ccc21.Cn1c2c(c3cc(-n4nccc4-c4ccccc4)ccc31)CCCC2.Cn1cc(CCO)c2cc(-n3nccc3-c3ccccc3)ccc21.FC(F)(F)c1cc(-n2nccc2-c2ccccc2)cc2c1CC=C2. The molecule has 124 heavy (non-hydrogen) atoms. The molecule has 0 fully saturated rings. The smallest absolute Gasteiger partial charge is 0.416 e. The molecule has 3 aliphatic carbocycles. The number of aryl methyl sites for hydroxylation is 4. The topological polar surface area (TPSA) is 144 Å². The largest absolute Gasteiger partial charge is 0.508 e.